The fraction of sp³-hybridized carbons (Fsp3) is 0.353. The second kappa shape index (κ2) is 6.37. The lowest BCUT2D eigenvalue weighted by atomic mass is 10.0. The molecule has 0 aliphatic carbocycles. The first-order chi connectivity index (χ1) is 9.19. The lowest BCUT2D eigenvalue weighted by Crippen LogP contribution is -1.99. The van der Waals surface area contributed by atoms with Crippen LogP contribution in [0.15, 0.2) is 36.4 Å². The summed E-state index contributed by atoms with van der Waals surface area (Å²) in [5.41, 5.74) is 2.23. The van der Waals surface area contributed by atoms with E-state index in [9.17, 15) is 4.79 Å². The van der Waals surface area contributed by atoms with Gasteiger partial charge in [0.05, 0.1) is 6.42 Å². The van der Waals surface area contributed by atoms with Gasteiger partial charge in [0.15, 0.2) is 0 Å². The zero-order valence-electron chi connectivity index (χ0n) is 11.4. The van der Waals surface area contributed by atoms with Crippen molar-refractivity contribution in [1.29, 1.82) is 0 Å². The highest BCUT2D eigenvalue weighted by Crippen LogP contribution is 2.19. The highest BCUT2D eigenvalue weighted by atomic mass is 16.4. The van der Waals surface area contributed by atoms with E-state index >= 15 is 0 Å². The van der Waals surface area contributed by atoms with Crippen LogP contribution >= 0.6 is 0 Å². The second-order valence-electron chi connectivity index (χ2n) is 5.04. The van der Waals surface area contributed by atoms with Crippen molar-refractivity contribution < 1.29 is 9.90 Å². The number of benzene rings is 2. The molecule has 1 N–H and O–H groups in total. The largest absolute Gasteiger partial charge is 0.481 e. The molecule has 0 fully saturated rings. The van der Waals surface area contributed by atoms with Gasteiger partial charge in [-0.1, -0.05) is 56.2 Å². The Bertz CT molecular complexity index is 572. The summed E-state index contributed by atoms with van der Waals surface area (Å²) in [6.45, 7) is 2.21. The molecule has 0 bridgehead atoms. The number of fused-ring (bicyclic) bond motifs is 1. The Morgan fingerprint density at radius 3 is 2.26 bits per heavy atom. The van der Waals surface area contributed by atoms with Gasteiger partial charge in [0, 0.05) is 0 Å². The van der Waals surface area contributed by atoms with E-state index in [0.29, 0.717) is 0 Å². The third-order valence-electron chi connectivity index (χ3n) is 3.39. The van der Waals surface area contributed by atoms with E-state index in [0.717, 1.165) is 17.4 Å². The first-order valence-corrected chi connectivity index (χ1v) is 6.92. The predicted molar refractivity (Wildman–Crippen MR) is 78.5 cm³/mol. The van der Waals surface area contributed by atoms with Crippen LogP contribution in [0.25, 0.3) is 10.8 Å². The Kier molecular flexibility index (Phi) is 4.56. The quantitative estimate of drug-likeness (QED) is 0.786. The lowest BCUT2D eigenvalue weighted by Gasteiger charge is -2.05. The van der Waals surface area contributed by atoms with Crippen LogP contribution < -0.4 is 0 Å². The molecule has 0 aliphatic heterocycles. The van der Waals surface area contributed by atoms with Crippen molar-refractivity contribution in [2.45, 2.75) is 39.0 Å². The van der Waals surface area contributed by atoms with Crippen LogP contribution in [0.4, 0.5) is 0 Å². The first kappa shape index (κ1) is 13.6. The maximum Gasteiger partial charge on any atom is 0.307 e. The molecule has 0 saturated carbocycles. The summed E-state index contributed by atoms with van der Waals surface area (Å²) in [6, 6.07) is 12.4. The standard InChI is InChI=1S/C17H20O2/c1-2-3-4-5-13-6-8-16-11-14(12-17(18)19)7-9-15(16)10-13/h6-11H,2-5,12H2,1H3,(H,18,19). The fourth-order valence-electron chi connectivity index (χ4n) is 2.36. The van der Waals surface area contributed by atoms with Crippen LogP contribution in [0.1, 0.15) is 37.3 Å². The van der Waals surface area contributed by atoms with Gasteiger partial charge in [0.1, 0.15) is 0 Å². The van der Waals surface area contributed by atoms with Gasteiger partial charge in [-0.25, -0.2) is 0 Å². The second-order valence-corrected chi connectivity index (χ2v) is 5.04. The summed E-state index contributed by atoms with van der Waals surface area (Å²) in [7, 11) is 0. The van der Waals surface area contributed by atoms with E-state index in [4.69, 9.17) is 5.11 Å². The number of carbonyl (C=O) groups is 1. The van der Waals surface area contributed by atoms with E-state index in [1.807, 2.05) is 18.2 Å². The molecule has 0 amide bonds. The van der Waals surface area contributed by atoms with Crippen LogP contribution in [0.2, 0.25) is 0 Å². The summed E-state index contributed by atoms with van der Waals surface area (Å²) >= 11 is 0. The van der Waals surface area contributed by atoms with Crippen LogP contribution in [-0.2, 0) is 17.6 Å². The van der Waals surface area contributed by atoms with E-state index in [2.05, 4.69) is 25.1 Å². The number of carboxylic acids is 1. The van der Waals surface area contributed by atoms with Gasteiger partial charge in [-0.15, -0.1) is 0 Å². The van der Waals surface area contributed by atoms with Gasteiger partial charge in [0.25, 0.3) is 0 Å². The molecule has 2 aromatic carbocycles. The molecule has 2 aromatic rings. The maximum atomic E-state index is 10.7. The molecule has 0 radical (unpaired) electrons. The number of unbranched alkanes of at least 4 members (excludes halogenated alkanes) is 2. The number of carboxylic acid groups (broad SMARTS) is 1. The van der Waals surface area contributed by atoms with E-state index in [1.165, 1.54) is 30.2 Å². The van der Waals surface area contributed by atoms with Crippen molar-refractivity contribution in [3.63, 3.8) is 0 Å². The molecule has 2 heteroatoms. The summed E-state index contributed by atoms with van der Waals surface area (Å²) in [5, 5.41) is 11.1. The molecule has 0 saturated heterocycles. The summed E-state index contributed by atoms with van der Waals surface area (Å²) in [5.74, 6) is -0.782. The van der Waals surface area contributed by atoms with Gasteiger partial charge in [-0.3, -0.25) is 4.79 Å². The molecule has 0 aromatic heterocycles. The van der Waals surface area contributed by atoms with Gasteiger partial charge in [0.2, 0.25) is 0 Å². The third kappa shape index (κ3) is 3.82. The Hall–Kier alpha value is -1.83. The normalized spacial score (nSPS) is 10.8. The number of aliphatic carboxylic acids is 1. The number of hydrogen-bond donors (Lipinski definition) is 1. The highest BCUT2D eigenvalue weighted by Gasteiger charge is 2.02. The van der Waals surface area contributed by atoms with Gasteiger partial charge >= 0.3 is 5.97 Å². The minimum absolute atomic E-state index is 0.0915. The molecular weight excluding hydrogens is 236 g/mol. The van der Waals surface area contributed by atoms with Crippen LogP contribution in [0, 0.1) is 0 Å². The zero-order valence-corrected chi connectivity index (χ0v) is 11.4. The smallest absolute Gasteiger partial charge is 0.307 e. The summed E-state index contributed by atoms with van der Waals surface area (Å²) < 4.78 is 0. The summed E-state index contributed by atoms with van der Waals surface area (Å²) in [4.78, 5) is 10.7. The fourth-order valence-corrected chi connectivity index (χ4v) is 2.36. The maximum absolute atomic E-state index is 10.7. The number of rotatable bonds is 6. The van der Waals surface area contributed by atoms with E-state index in [1.54, 1.807) is 0 Å². The van der Waals surface area contributed by atoms with Crippen molar-refractivity contribution in [3.05, 3.63) is 47.5 Å². The number of aryl methyl sites for hydroxylation is 1. The average molecular weight is 256 g/mol. The lowest BCUT2D eigenvalue weighted by molar-refractivity contribution is -0.136. The van der Waals surface area contributed by atoms with Gasteiger partial charge in [-0.2, -0.15) is 0 Å². The van der Waals surface area contributed by atoms with Crippen molar-refractivity contribution in [3.8, 4) is 0 Å². The van der Waals surface area contributed by atoms with Crippen molar-refractivity contribution >= 4 is 16.7 Å². The van der Waals surface area contributed by atoms with Gasteiger partial charge < -0.3 is 5.11 Å². The highest BCUT2D eigenvalue weighted by molar-refractivity contribution is 5.85. The summed E-state index contributed by atoms with van der Waals surface area (Å²) in [6.07, 6.45) is 4.97. The molecule has 0 unspecified atom stereocenters. The Morgan fingerprint density at radius 1 is 1.00 bits per heavy atom. The van der Waals surface area contributed by atoms with Crippen molar-refractivity contribution in [2.75, 3.05) is 0 Å². The van der Waals surface area contributed by atoms with Crippen molar-refractivity contribution in [1.82, 2.24) is 0 Å². The molecule has 100 valence electrons. The molecule has 2 rings (SSSR count). The molecule has 2 nitrogen and oxygen atoms in total. The molecule has 0 spiro atoms. The minimum atomic E-state index is -0.782. The number of hydrogen-bond acceptors (Lipinski definition) is 1. The Balaban J connectivity index is 2.17. The third-order valence-corrected chi connectivity index (χ3v) is 3.39. The zero-order chi connectivity index (χ0) is 13.7. The van der Waals surface area contributed by atoms with Crippen LogP contribution in [0.3, 0.4) is 0 Å². The predicted octanol–water partition coefficient (Wildman–Crippen LogP) is 4.20. The average Bonchev–Trinajstić information content (AvgIpc) is 2.38. The molecular formula is C17H20O2. The Labute approximate surface area is 114 Å². The first-order valence-electron chi connectivity index (χ1n) is 6.92. The van der Waals surface area contributed by atoms with Crippen LogP contribution in [0.5, 0.6) is 0 Å². The minimum Gasteiger partial charge on any atom is -0.481 e. The topological polar surface area (TPSA) is 37.3 Å². The molecule has 0 aliphatic rings. The monoisotopic (exact) mass is 256 g/mol. The van der Waals surface area contributed by atoms with Crippen LogP contribution in [-0.4, -0.2) is 11.1 Å². The van der Waals surface area contributed by atoms with Gasteiger partial charge in [-0.05, 0) is 34.7 Å². The Morgan fingerprint density at radius 2 is 1.63 bits per heavy atom. The van der Waals surface area contributed by atoms with E-state index < -0.39 is 5.97 Å². The van der Waals surface area contributed by atoms with E-state index in [-0.39, 0.29) is 6.42 Å². The molecule has 19 heavy (non-hydrogen) atoms. The SMILES string of the molecule is CCCCCc1ccc2cc(CC(=O)O)ccc2c1. The molecule has 0 heterocycles. The van der Waals surface area contributed by atoms with Crippen molar-refractivity contribution in [2.24, 2.45) is 0 Å². The molecule has 0 atom stereocenters.